The summed E-state index contributed by atoms with van der Waals surface area (Å²) in [6.45, 7) is 4.89. The lowest BCUT2D eigenvalue weighted by Crippen LogP contribution is -2.24. The van der Waals surface area contributed by atoms with Crippen LogP contribution in [0.1, 0.15) is 32.6 Å². The zero-order valence-corrected chi connectivity index (χ0v) is 12.5. The number of nitrogens with two attached hydrogens (primary N) is 1. The molecule has 0 aliphatic heterocycles. The molecule has 1 aromatic rings. The van der Waals surface area contributed by atoms with Crippen molar-refractivity contribution in [3.63, 3.8) is 0 Å². The minimum atomic E-state index is 0.708. The summed E-state index contributed by atoms with van der Waals surface area (Å²) >= 11 is 0. The minimum Gasteiger partial charge on any atom is -0.360 e. The number of rotatable bonds is 9. The van der Waals surface area contributed by atoms with Crippen molar-refractivity contribution < 1.29 is 0 Å². The normalized spacial score (nSPS) is 10.5. The number of nitrogens with zero attached hydrogens (tertiary/aromatic N) is 4. The van der Waals surface area contributed by atoms with Crippen molar-refractivity contribution in [2.45, 2.75) is 32.6 Å². The van der Waals surface area contributed by atoms with Crippen LogP contribution in [0.3, 0.4) is 0 Å². The lowest BCUT2D eigenvalue weighted by Gasteiger charge is -2.21. The van der Waals surface area contributed by atoms with Crippen LogP contribution in [0.4, 0.5) is 11.6 Å². The van der Waals surface area contributed by atoms with Crippen molar-refractivity contribution in [3.8, 4) is 0 Å². The molecule has 0 fully saturated rings. The van der Waals surface area contributed by atoms with Crippen LogP contribution in [-0.2, 0) is 0 Å². The summed E-state index contributed by atoms with van der Waals surface area (Å²) in [4.78, 5) is 13.0. The first-order valence-electron chi connectivity index (χ1n) is 7.13. The quantitative estimate of drug-likeness (QED) is 0.691. The molecule has 0 aliphatic carbocycles. The molecule has 0 aliphatic rings. The van der Waals surface area contributed by atoms with Crippen LogP contribution in [0, 0.1) is 0 Å². The molecular weight excluding hydrogens is 238 g/mol. The van der Waals surface area contributed by atoms with E-state index in [-0.39, 0.29) is 0 Å². The second kappa shape index (κ2) is 8.69. The third-order valence-corrected chi connectivity index (χ3v) is 3.22. The average molecular weight is 265 g/mol. The topological polar surface area (TPSA) is 58.3 Å². The molecule has 108 valence electrons. The summed E-state index contributed by atoms with van der Waals surface area (Å²) in [6, 6.07) is 2.04. The van der Waals surface area contributed by atoms with E-state index in [1.54, 1.807) is 6.33 Å². The number of hydrogen-bond donors (Lipinski definition) is 1. The molecule has 0 bridgehead atoms. The van der Waals surface area contributed by atoms with Crippen molar-refractivity contribution in [2.75, 3.05) is 43.5 Å². The lowest BCUT2D eigenvalue weighted by molar-refractivity contribution is 0.700. The second-order valence-electron chi connectivity index (χ2n) is 4.93. The van der Waals surface area contributed by atoms with E-state index in [0.29, 0.717) is 6.54 Å². The Balaban J connectivity index is 2.60. The molecule has 1 aromatic heterocycles. The van der Waals surface area contributed by atoms with Crippen LogP contribution < -0.4 is 15.5 Å². The first-order valence-corrected chi connectivity index (χ1v) is 7.13. The van der Waals surface area contributed by atoms with Gasteiger partial charge in [-0.25, -0.2) is 9.97 Å². The van der Waals surface area contributed by atoms with Crippen molar-refractivity contribution >= 4 is 11.6 Å². The Morgan fingerprint density at radius 2 is 1.58 bits per heavy atom. The zero-order chi connectivity index (χ0) is 14.1. The van der Waals surface area contributed by atoms with Gasteiger partial charge in [-0.05, 0) is 19.4 Å². The van der Waals surface area contributed by atoms with Crippen LogP contribution in [0.15, 0.2) is 12.4 Å². The molecule has 5 nitrogen and oxygen atoms in total. The van der Waals surface area contributed by atoms with E-state index >= 15 is 0 Å². The summed E-state index contributed by atoms with van der Waals surface area (Å²) in [7, 11) is 4.13. The van der Waals surface area contributed by atoms with Gasteiger partial charge in [-0.2, -0.15) is 0 Å². The van der Waals surface area contributed by atoms with E-state index in [2.05, 4.69) is 33.7 Å². The fourth-order valence-corrected chi connectivity index (χ4v) is 1.91. The highest BCUT2D eigenvalue weighted by Crippen LogP contribution is 2.16. The van der Waals surface area contributed by atoms with Crippen molar-refractivity contribution in [1.82, 2.24) is 9.97 Å². The highest BCUT2D eigenvalue weighted by atomic mass is 15.2. The zero-order valence-electron chi connectivity index (χ0n) is 12.5. The predicted molar refractivity (Wildman–Crippen MR) is 81.8 cm³/mol. The standard InChI is InChI=1S/C14H27N5/c1-4-5-6-9-18(2)13-11-14(17-12-16-13)19(3)10-7-8-15/h11-12H,4-10,15H2,1-3H3. The Labute approximate surface area is 116 Å². The highest BCUT2D eigenvalue weighted by molar-refractivity contribution is 5.49. The molecular formula is C14H27N5. The maximum absolute atomic E-state index is 5.53. The Morgan fingerprint density at radius 1 is 1.00 bits per heavy atom. The van der Waals surface area contributed by atoms with Crippen LogP contribution in [-0.4, -0.2) is 43.7 Å². The SMILES string of the molecule is CCCCCN(C)c1cc(N(C)CCCN)ncn1. The summed E-state index contributed by atoms with van der Waals surface area (Å²) in [5, 5.41) is 0. The van der Waals surface area contributed by atoms with E-state index in [9.17, 15) is 0 Å². The smallest absolute Gasteiger partial charge is 0.133 e. The van der Waals surface area contributed by atoms with Gasteiger partial charge < -0.3 is 15.5 Å². The molecule has 1 rings (SSSR count). The van der Waals surface area contributed by atoms with Gasteiger partial charge in [-0.3, -0.25) is 0 Å². The van der Waals surface area contributed by atoms with Crippen LogP contribution in [0.5, 0.6) is 0 Å². The molecule has 0 saturated heterocycles. The van der Waals surface area contributed by atoms with E-state index in [4.69, 9.17) is 5.73 Å². The van der Waals surface area contributed by atoms with Crippen LogP contribution in [0.2, 0.25) is 0 Å². The third kappa shape index (κ3) is 5.42. The third-order valence-electron chi connectivity index (χ3n) is 3.22. The summed E-state index contributed by atoms with van der Waals surface area (Å²) < 4.78 is 0. The second-order valence-corrected chi connectivity index (χ2v) is 4.93. The van der Waals surface area contributed by atoms with E-state index in [0.717, 1.165) is 31.1 Å². The van der Waals surface area contributed by atoms with Gasteiger partial charge in [0.05, 0.1) is 0 Å². The van der Waals surface area contributed by atoms with Gasteiger partial charge in [0.2, 0.25) is 0 Å². The Kier molecular flexibility index (Phi) is 7.18. The molecule has 2 N–H and O–H groups in total. The molecule has 0 atom stereocenters. The van der Waals surface area contributed by atoms with Gasteiger partial charge in [0.15, 0.2) is 0 Å². The van der Waals surface area contributed by atoms with E-state index in [1.165, 1.54) is 19.3 Å². The van der Waals surface area contributed by atoms with Gasteiger partial charge in [0, 0.05) is 33.3 Å². The minimum absolute atomic E-state index is 0.708. The fourth-order valence-electron chi connectivity index (χ4n) is 1.91. The van der Waals surface area contributed by atoms with Gasteiger partial charge in [-0.15, -0.1) is 0 Å². The molecule has 0 aromatic carbocycles. The van der Waals surface area contributed by atoms with Gasteiger partial charge in [0.25, 0.3) is 0 Å². The van der Waals surface area contributed by atoms with Gasteiger partial charge >= 0.3 is 0 Å². The number of anilines is 2. The largest absolute Gasteiger partial charge is 0.360 e. The Hall–Kier alpha value is -1.36. The molecule has 0 radical (unpaired) electrons. The lowest BCUT2D eigenvalue weighted by atomic mass is 10.2. The predicted octanol–water partition coefficient (Wildman–Crippen LogP) is 1.89. The van der Waals surface area contributed by atoms with Gasteiger partial charge in [0.1, 0.15) is 18.0 Å². The van der Waals surface area contributed by atoms with Crippen molar-refractivity contribution in [1.29, 1.82) is 0 Å². The molecule has 0 saturated carbocycles. The average Bonchev–Trinajstić information content (AvgIpc) is 2.45. The molecule has 0 amide bonds. The van der Waals surface area contributed by atoms with Crippen LogP contribution in [0.25, 0.3) is 0 Å². The maximum Gasteiger partial charge on any atom is 0.133 e. The maximum atomic E-state index is 5.53. The Bertz CT molecular complexity index is 355. The van der Waals surface area contributed by atoms with Gasteiger partial charge in [-0.1, -0.05) is 19.8 Å². The number of aromatic nitrogens is 2. The molecule has 1 heterocycles. The first-order chi connectivity index (χ1) is 9.19. The monoisotopic (exact) mass is 265 g/mol. The summed E-state index contributed by atoms with van der Waals surface area (Å²) in [6.07, 6.45) is 6.32. The van der Waals surface area contributed by atoms with E-state index < -0.39 is 0 Å². The number of unbranched alkanes of at least 4 members (excludes halogenated alkanes) is 2. The Morgan fingerprint density at radius 3 is 2.11 bits per heavy atom. The summed E-state index contributed by atoms with van der Waals surface area (Å²) in [5.41, 5.74) is 5.53. The van der Waals surface area contributed by atoms with Crippen molar-refractivity contribution in [3.05, 3.63) is 12.4 Å². The fraction of sp³-hybridized carbons (Fsp3) is 0.714. The molecule has 19 heavy (non-hydrogen) atoms. The highest BCUT2D eigenvalue weighted by Gasteiger charge is 2.07. The van der Waals surface area contributed by atoms with Crippen molar-refractivity contribution in [2.24, 2.45) is 5.73 Å². The molecule has 0 unspecified atom stereocenters. The first kappa shape index (κ1) is 15.7. The van der Waals surface area contributed by atoms with E-state index in [1.807, 2.05) is 13.1 Å². The molecule has 0 spiro atoms. The molecule has 5 heteroatoms. The number of hydrogen-bond acceptors (Lipinski definition) is 5. The summed E-state index contributed by atoms with van der Waals surface area (Å²) in [5.74, 6) is 1.95. The van der Waals surface area contributed by atoms with Crippen LogP contribution >= 0.6 is 0 Å².